The van der Waals surface area contributed by atoms with Gasteiger partial charge in [0.2, 0.25) is 0 Å². The summed E-state index contributed by atoms with van der Waals surface area (Å²) in [6.07, 6.45) is 0.771. The van der Waals surface area contributed by atoms with Crippen molar-refractivity contribution in [2.75, 3.05) is 32.7 Å². The molecule has 0 aliphatic carbocycles. The Morgan fingerprint density at radius 1 is 1.48 bits per heavy atom. The Morgan fingerprint density at radius 3 is 2.90 bits per heavy atom. The molecule has 8 nitrogen and oxygen atoms in total. The van der Waals surface area contributed by atoms with Crippen LogP contribution >= 0.6 is 0 Å². The van der Waals surface area contributed by atoms with Crippen LogP contribution in [-0.4, -0.2) is 71.7 Å². The number of aliphatic carboxylic acids is 1. The summed E-state index contributed by atoms with van der Waals surface area (Å²) in [6, 6.07) is -0.205. The number of carboxylic acids is 1. The number of urea groups is 2. The SMILES string of the molecule is CCC(CNC(=O)N1CCN2C(=O)NCC2C1)CC(=O)O. The molecule has 8 heteroatoms. The van der Waals surface area contributed by atoms with Crippen LogP contribution in [0.2, 0.25) is 0 Å². The third kappa shape index (κ3) is 3.77. The van der Waals surface area contributed by atoms with Crippen LogP contribution in [-0.2, 0) is 4.79 Å². The summed E-state index contributed by atoms with van der Waals surface area (Å²) in [4.78, 5) is 37.7. The van der Waals surface area contributed by atoms with E-state index in [1.165, 1.54) is 0 Å². The lowest BCUT2D eigenvalue weighted by Gasteiger charge is -2.36. The van der Waals surface area contributed by atoms with Crippen LogP contribution in [0.3, 0.4) is 0 Å². The minimum Gasteiger partial charge on any atom is -0.481 e. The van der Waals surface area contributed by atoms with Crippen molar-refractivity contribution in [1.82, 2.24) is 20.4 Å². The molecular weight excluding hydrogens is 276 g/mol. The highest BCUT2D eigenvalue weighted by atomic mass is 16.4. The largest absolute Gasteiger partial charge is 0.481 e. The van der Waals surface area contributed by atoms with Crippen LogP contribution in [0, 0.1) is 5.92 Å². The molecule has 2 atom stereocenters. The first kappa shape index (κ1) is 15.4. The predicted molar refractivity (Wildman–Crippen MR) is 74.9 cm³/mol. The fourth-order valence-electron chi connectivity index (χ4n) is 2.74. The van der Waals surface area contributed by atoms with E-state index in [1.54, 1.807) is 9.80 Å². The van der Waals surface area contributed by atoms with E-state index in [4.69, 9.17) is 5.11 Å². The summed E-state index contributed by atoms with van der Waals surface area (Å²) >= 11 is 0. The van der Waals surface area contributed by atoms with Crippen molar-refractivity contribution in [2.24, 2.45) is 5.92 Å². The standard InChI is InChI=1S/C13H22N4O4/c1-2-9(5-11(18)19)6-14-12(20)16-3-4-17-10(8-16)7-15-13(17)21/h9-10H,2-8H2,1H3,(H,14,20)(H,15,21)(H,18,19). The number of carboxylic acid groups (broad SMARTS) is 1. The van der Waals surface area contributed by atoms with E-state index in [2.05, 4.69) is 10.6 Å². The first-order chi connectivity index (χ1) is 10.0. The molecule has 4 amide bonds. The number of rotatable bonds is 5. The number of hydrogen-bond acceptors (Lipinski definition) is 3. The summed E-state index contributed by atoms with van der Waals surface area (Å²) in [5.74, 6) is -0.900. The number of nitrogens with one attached hydrogen (secondary N) is 2. The molecule has 0 aromatic carbocycles. The highest BCUT2D eigenvalue weighted by molar-refractivity contribution is 5.78. The monoisotopic (exact) mass is 298 g/mol. The summed E-state index contributed by atoms with van der Waals surface area (Å²) in [6.45, 7) is 4.40. The second-order valence-corrected chi connectivity index (χ2v) is 5.54. The predicted octanol–water partition coefficient (Wildman–Crippen LogP) is -0.0937. The molecule has 0 radical (unpaired) electrons. The van der Waals surface area contributed by atoms with Gasteiger partial charge in [0.1, 0.15) is 0 Å². The van der Waals surface area contributed by atoms with Gasteiger partial charge in [-0.15, -0.1) is 0 Å². The number of piperazine rings is 1. The number of nitrogens with zero attached hydrogens (tertiary/aromatic N) is 2. The van der Waals surface area contributed by atoms with Crippen LogP contribution in [0.4, 0.5) is 9.59 Å². The zero-order valence-electron chi connectivity index (χ0n) is 12.2. The summed E-state index contributed by atoms with van der Waals surface area (Å²) in [5, 5.41) is 14.4. The molecule has 2 rings (SSSR count). The summed E-state index contributed by atoms with van der Waals surface area (Å²) < 4.78 is 0. The van der Waals surface area contributed by atoms with Crippen LogP contribution in [0.15, 0.2) is 0 Å². The van der Waals surface area contributed by atoms with Crippen molar-refractivity contribution in [3.05, 3.63) is 0 Å². The average molecular weight is 298 g/mol. The molecule has 0 aromatic rings. The third-order valence-electron chi connectivity index (χ3n) is 4.10. The molecular formula is C13H22N4O4. The molecule has 2 unspecified atom stereocenters. The molecule has 3 N–H and O–H groups in total. The smallest absolute Gasteiger partial charge is 0.317 e. The van der Waals surface area contributed by atoms with Crippen molar-refractivity contribution < 1.29 is 19.5 Å². The number of amides is 4. The first-order valence-electron chi connectivity index (χ1n) is 7.30. The molecule has 2 fully saturated rings. The van der Waals surface area contributed by atoms with E-state index in [-0.39, 0.29) is 30.4 Å². The van der Waals surface area contributed by atoms with Gasteiger partial charge in [0.25, 0.3) is 0 Å². The molecule has 21 heavy (non-hydrogen) atoms. The molecule has 0 spiro atoms. The van der Waals surface area contributed by atoms with Crippen LogP contribution in [0.25, 0.3) is 0 Å². The Morgan fingerprint density at radius 2 is 2.24 bits per heavy atom. The third-order valence-corrected chi connectivity index (χ3v) is 4.10. The van der Waals surface area contributed by atoms with Crippen molar-refractivity contribution in [1.29, 1.82) is 0 Å². The van der Waals surface area contributed by atoms with Crippen LogP contribution in [0.5, 0.6) is 0 Å². The van der Waals surface area contributed by atoms with E-state index in [9.17, 15) is 14.4 Å². The molecule has 2 aliphatic rings. The fraction of sp³-hybridized carbons (Fsp3) is 0.769. The van der Waals surface area contributed by atoms with Gasteiger partial charge in [-0.3, -0.25) is 4.79 Å². The molecule has 2 aliphatic heterocycles. The minimum absolute atomic E-state index is 0.0398. The lowest BCUT2D eigenvalue weighted by molar-refractivity contribution is -0.138. The van der Waals surface area contributed by atoms with Gasteiger partial charge in [0.05, 0.1) is 6.04 Å². The van der Waals surface area contributed by atoms with Crippen LogP contribution < -0.4 is 10.6 Å². The minimum atomic E-state index is -0.847. The highest BCUT2D eigenvalue weighted by Gasteiger charge is 2.36. The van der Waals surface area contributed by atoms with E-state index in [0.717, 1.165) is 0 Å². The molecule has 118 valence electrons. The van der Waals surface area contributed by atoms with Crippen molar-refractivity contribution in [2.45, 2.75) is 25.8 Å². The van der Waals surface area contributed by atoms with Crippen molar-refractivity contribution in [3.8, 4) is 0 Å². The summed E-state index contributed by atoms with van der Waals surface area (Å²) in [7, 11) is 0. The van der Waals surface area contributed by atoms with Crippen LogP contribution in [0.1, 0.15) is 19.8 Å². The Kier molecular flexibility index (Phi) is 4.87. The van der Waals surface area contributed by atoms with E-state index >= 15 is 0 Å². The zero-order chi connectivity index (χ0) is 15.4. The molecule has 0 aromatic heterocycles. The van der Waals surface area contributed by atoms with Crippen molar-refractivity contribution >= 4 is 18.0 Å². The highest BCUT2D eigenvalue weighted by Crippen LogP contribution is 2.14. The number of fused-ring (bicyclic) bond motifs is 1. The number of carbonyl (C=O) groups is 3. The first-order valence-corrected chi connectivity index (χ1v) is 7.30. The maximum atomic E-state index is 12.1. The molecule has 2 heterocycles. The maximum absolute atomic E-state index is 12.1. The Balaban J connectivity index is 1.78. The normalized spacial score (nSPS) is 22.5. The van der Waals surface area contributed by atoms with E-state index < -0.39 is 5.97 Å². The van der Waals surface area contributed by atoms with Gasteiger partial charge in [-0.25, -0.2) is 9.59 Å². The van der Waals surface area contributed by atoms with Crippen molar-refractivity contribution in [3.63, 3.8) is 0 Å². The lowest BCUT2D eigenvalue weighted by atomic mass is 10.0. The Hall–Kier alpha value is -1.99. The van der Waals surface area contributed by atoms with Gasteiger partial charge in [-0.1, -0.05) is 13.3 Å². The van der Waals surface area contributed by atoms with Gasteiger partial charge in [0, 0.05) is 39.1 Å². The molecule has 0 saturated carbocycles. The second-order valence-electron chi connectivity index (χ2n) is 5.54. The van der Waals surface area contributed by atoms with Gasteiger partial charge in [-0.05, 0) is 5.92 Å². The van der Waals surface area contributed by atoms with E-state index in [1.807, 2.05) is 6.92 Å². The number of hydrogen-bond donors (Lipinski definition) is 3. The van der Waals surface area contributed by atoms with Gasteiger partial charge in [-0.2, -0.15) is 0 Å². The maximum Gasteiger partial charge on any atom is 0.317 e. The van der Waals surface area contributed by atoms with Gasteiger partial charge in [0.15, 0.2) is 0 Å². The zero-order valence-corrected chi connectivity index (χ0v) is 12.2. The quantitative estimate of drug-likeness (QED) is 0.660. The van der Waals surface area contributed by atoms with Gasteiger partial charge < -0.3 is 25.5 Å². The average Bonchev–Trinajstić information content (AvgIpc) is 2.83. The molecule has 0 bridgehead atoms. The topological polar surface area (TPSA) is 102 Å². The Labute approximate surface area is 123 Å². The van der Waals surface area contributed by atoms with E-state index in [0.29, 0.717) is 39.1 Å². The summed E-state index contributed by atoms with van der Waals surface area (Å²) in [5.41, 5.74) is 0. The Bertz CT molecular complexity index is 428. The lowest BCUT2D eigenvalue weighted by Crippen LogP contribution is -2.56. The molecule has 2 saturated heterocycles. The van der Waals surface area contributed by atoms with Gasteiger partial charge >= 0.3 is 18.0 Å². The fourth-order valence-corrected chi connectivity index (χ4v) is 2.74. The second kappa shape index (κ2) is 6.64. The number of carbonyl (C=O) groups excluding carboxylic acids is 2.